The monoisotopic (exact) mass is 335 g/mol. The second-order valence-electron chi connectivity index (χ2n) is 6.89. The predicted molar refractivity (Wildman–Crippen MR) is 91.2 cm³/mol. The van der Waals surface area contributed by atoms with Crippen LogP contribution in [-0.2, 0) is 4.79 Å². The first kappa shape index (κ1) is 16.5. The molecule has 2 amide bonds. The van der Waals surface area contributed by atoms with Gasteiger partial charge in [-0.15, -0.1) is 11.3 Å². The Kier molecular flexibility index (Phi) is 5.02. The van der Waals surface area contributed by atoms with Crippen molar-refractivity contribution in [1.29, 1.82) is 0 Å². The number of nitrogens with one attached hydrogen (secondary N) is 2. The van der Waals surface area contributed by atoms with Crippen LogP contribution in [0.25, 0.3) is 0 Å². The number of carbonyl (C=O) groups excluding carboxylic acids is 2. The molecule has 0 saturated heterocycles. The maximum atomic E-state index is 12.5. The van der Waals surface area contributed by atoms with E-state index in [2.05, 4.69) is 10.6 Å². The number of rotatable bonds is 4. The molecule has 0 spiro atoms. The number of fused-ring (bicyclic) bond motifs is 2. The highest BCUT2D eigenvalue weighted by atomic mass is 32.1. The van der Waals surface area contributed by atoms with Crippen LogP contribution in [0.15, 0.2) is 17.5 Å². The molecule has 3 atom stereocenters. The van der Waals surface area contributed by atoms with Crippen LogP contribution in [0.3, 0.4) is 0 Å². The second-order valence-corrected chi connectivity index (χ2v) is 7.84. The Bertz CT molecular complexity index is 546. The van der Waals surface area contributed by atoms with Gasteiger partial charge in [0.25, 0.3) is 5.91 Å². The third-order valence-electron chi connectivity index (χ3n) is 5.17. The molecule has 126 valence electrons. The quantitative estimate of drug-likeness (QED) is 0.785. The van der Waals surface area contributed by atoms with Crippen molar-refractivity contribution >= 4 is 23.2 Å². The summed E-state index contributed by atoms with van der Waals surface area (Å²) < 4.78 is 0. The van der Waals surface area contributed by atoms with Crippen LogP contribution in [0.5, 0.6) is 0 Å². The van der Waals surface area contributed by atoms with Gasteiger partial charge in [0.15, 0.2) is 0 Å². The first-order valence-electron chi connectivity index (χ1n) is 8.45. The van der Waals surface area contributed by atoms with E-state index >= 15 is 0 Å². The fourth-order valence-corrected chi connectivity index (χ4v) is 4.68. The fourth-order valence-electron chi connectivity index (χ4n) is 4.06. The molecule has 5 nitrogen and oxygen atoms in total. The summed E-state index contributed by atoms with van der Waals surface area (Å²) in [6.07, 6.45) is 5.52. The van der Waals surface area contributed by atoms with Crippen molar-refractivity contribution in [3.05, 3.63) is 22.4 Å². The van der Waals surface area contributed by atoms with Crippen LogP contribution >= 0.6 is 11.3 Å². The van der Waals surface area contributed by atoms with E-state index < -0.39 is 6.04 Å². The smallest absolute Gasteiger partial charge is 0.261 e. The number of nitrogens with two attached hydrogens (primary N) is 1. The van der Waals surface area contributed by atoms with Gasteiger partial charge in [0.05, 0.1) is 4.88 Å². The van der Waals surface area contributed by atoms with Crippen molar-refractivity contribution in [3.8, 4) is 0 Å². The molecular formula is C17H25N3O2S. The first-order valence-corrected chi connectivity index (χ1v) is 9.33. The Hall–Kier alpha value is -1.40. The van der Waals surface area contributed by atoms with E-state index in [0.29, 0.717) is 16.7 Å². The van der Waals surface area contributed by atoms with Gasteiger partial charge in [-0.2, -0.15) is 0 Å². The van der Waals surface area contributed by atoms with E-state index in [1.54, 1.807) is 13.0 Å². The average molecular weight is 335 g/mol. The predicted octanol–water partition coefficient (Wildman–Crippen LogP) is 1.89. The Morgan fingerprint density at radius 1 is 1.30 bits per heavy atom. The first-order chi connectivity index (χ1) is 11.0. The molecule has 23 heavy (non-hydrogen) atoms. The summed E-state index contributed by atoms with van der Waals surface area (Å²) in [5.41, 5.74) is 6.13. The van der Waals surface area contributed by atoms with Crippen molar-refractivity contribution in [3.63, 3.8) is 0 Å². The van der Waals surface area contributed by atoms with Gasteiger partial charge in [-0.3, -0.25) is 9.59 Å². The summed E-state index contributed by atoms with van der Waals surface area (Å²) >= 11 is 1.38. The molecule has 3 unspecified atom stereocenters. The molecule has 6 heteroatoms. The lowest BCUT2D eigenvalue weighted by atomic mass is 9.67. The van der Waals surface area contributed by atoms with Crippen LogP contribution in [0.2, 0.25) is 0 Å². The van der Waals surface area contributed by atoms with E-state index in [1.807, 2.05) is 11.4 Å². The molecule has 3 rings (SSSR count). The molecule has 0 aliphatic heterocycles. The molecule has 1 aromatic heterocycles. The minimum atomic E-state index is -0.527. The van der Waals surface area contributed by atoms with Crippen LogP contribution in [0.1, 0.15) is 48.7 Å². The summed E-state index contributed by atoms with van der Waals surface area (Å²) in [4.78, 5) is 25.2. The van der Waals surface area contributed by atoms with E-state index in [1.165, 1.54) is 17.8 Å². The zero-order valence-corrected chi connectivity index (χ0v) is 14.3. The molecule has 2 bridgehead atoms. The van der Waals surface area contributed by atoms with Crippen molar-refractivity contribution in [2.75, 3.05) is 0 Å². The summed E-state index contributed by atoms with van der Waals surface area (Å²) in [5.74, 6) is 0.698. The van der Waals surface area contributed by atoms with Gasteiger partial charge in [-0.05, 0) is 55.9 Å². The molecule has 2 fully saturated rings. The Morgan fingerprint density at radius 2 is 2.00 bits per heavy atom. The van der Waals surface area contributed by atoms with E-state index in [9.17, 15) is 9.59 Å². The van der Waals surface area contributed by atoms with Gasteiger partial charge in [-0.25, -0.2) is 0 Å². The second kappa shape index (κ2) is 7.01. The normalized spacial score (nSPS) is 31.2. The van der Waals surface area contributed by atoms with Gasteiger partial charge < -0.3 is 16.4 Å². The minimum absolute atomic E-state index is 0.0905. The Morgan fingerprint density at radius 3 is 2.61 bits per heavy atom. The molecule has 2 saturated carbocycles. The standard InChI is InChI=1S/C17H25N3O2S/c1-10(19-17(22)14-6-3-7-23-14)16(21)20-15-11-4-2-5-12(15)9-13(18)8-11/h3,6-7,10-13,15H,2,4-5,8-9,18H2,1H3,(H,19,22)(H,20,21). The number of carbonyl (C=O) groups is 2. The lowest BCUT2D eigenvalue weighted by Crippen LogP contribution is -2.57. The van der Waals surface area contributed by atoms with Crippen LogP contribution in [0.4, 0.5) is 0 Å². The van der Waals surface area contributed by atoms with E-state index in [4.69, 9.17) is 5.73 Å². The molecule has 4 N–H and O–H groups in total. The highest BCUT2D eigenvalue weighted by Gasteiger charge is 2.40. The fraction of sp³-hybridized carbons (Fsp3) is 0.647. The lowest BCUT2D eigenvalue weighted by molar-refractivity contribution is -0.124. The molecule has 0 radical (unpaired) electrons. The summed E-state index contributed by atoms with van der Waals surface area (Å²) in [6, 6.07) is 3.56. The molecular weight excluding hydrogens is 310 g/mol. The lowest BCUT2D eigenvalue weighted by Gasteiger charge is -2.45. The minimum Gasteiger partial charge on any atom is -0.351 e. The van der Waals surface area contributed by atoms with Crippen molar-refractivity contribution in [1.82, 2.24) is 10.6 Å². The van der Waals surface area contributed by atoms with Crippen LogP contribution in [0, 0.1) is 11.8 Å². The number of hydrogen-bond donors (Lipinski definition) is 3. The maximum Gasteiger partial charge on any atom is 0.261 e. The third kappa shape index (κ3) is 3.75. The molecule has 2 aliphatic carbocycles. The zero-order chi connectivity index (χ0) is 16.4. The molecule has 2 aliphatic rings. The number of amides is 2. The van der Waals surface area contributed by atoms with Crippen LogP contribution < -0.4 is 16.4 Å². The average Bonchev–Trinajstić information content (AvgIpc) is 3.02. The van der Waals surface area contributed by atoms with E-state index in [0.717, 1.165) is 25.7 Å². The van der Waals surface area contributed by atoms with Gasteiger partial charge in [0, 0.05) is 12.1 Å². The van der Waals surface area contributed by atoms with Gasteiger partial charge in [-0.1, -0.05) is 12.5 Å². The van der Waals surface area contributed by atoms with Gasteiger partial charge >= 0.3 is 0 Å². The Labute approximate surface area is 141 Å². The third-order valence-corrected chi connectivity index (χ3v) is 6.04. The summed E-state index contributed by atoms with van der Waals surface area (Å²) in [5, 5.41) is 7.82. The van der Waals surface area contributed by atoms with Gasteiger partial charge in [0.2, 0.25) is 5.91 Å². The molecule has 1 heterocycles. The van der Waals surface area contributed by atoms with Gasteiger partial charge in [0.1, 0.15) is 6.04 Å². The van der Waals surface area contributed by atoms with E-state index in [-0.39, 0.29) is 23.9 Å². The highest BCUT2D eigenvalue weighted by Crippen LogP contribution is 2.39. The number of hydrogen-bond acceptors (Lipinski definition) is 4. The van der Waals surface area contributed by atoms with Crippen molar-refractivity contribution in [2.24, 2.45) is 17.6 Å². The highest BCUT2D eigenvalue weighted by molar-refractivity contribution is 7.12. The largest absolute Gasteiger partial charge is 0.351 e. The summed E-state index contributed by atoms with van der Waals surface area (Å²) in [7, 11) is 0. The van der Waals surface area contributed by atoms with Crippen molar-refractivity contribution in [2.45, 2.75) is 57.2 Å². The Balaban J connectivity index is 1.57. The topological polar surface area (TPSA) is 84.2 Å². The molecule has 1 aromatic rings. The number of thiophene rings is 1. The maximum absolute atomic E-state index is 12.5. The van der Waals surface area contributed by atoms with Crippen molar-refractivity contribution < 1.29 is 9.59 Å². The van der Waals surface area contributed by atoms with Crippen LogP contribution in [-0.4, -0.2) is 29.9 Å². The zero-order valence-electron chi connectivity index (χ0n) is 13.5. The molecule has 0 aromatic carbocycles. The summed E-state index contributed by atoms with van der Waals surface area (Å²) in [6.45, 7) is 1.74. The SMILES string of the molecule is CC(NC(=O)c1cccs1)C(=O)NC1C2CCCC1CC(N)C2.